The summed E-state index contributed by atoms with van der Waals surface area (Å²) in [5.74, 6) is 0. The van der Waals surface area contributed by atoms with Crippen LogP contribution in [0, 0.1) is 0 Å². The predicted molar refractivity (Wildman–Crippen MR) is 60.9 cm³/mol. The van der Waals surface area contributed by atoms with Gasteiger partial charge in [-0.2, -0.15) is 0 Å². The maximum absolute atomic E-state index is 9.21. The number of benzene rings is 1. The minimum absolute atomic E-state index is 0.117. The maximum atomic E-state index is 9.21. The molecule has 0 heterocycles. The number of aliphatic hydroxyl groups is 1. The van der Waals surface area contributed by atoms with E-state index in [1.54, 1.807) is 0 Å². The first-order valence-corrected chi connectivity index (χ1v) is 5.12. The molecule has 0 amide bonds. The molecule has 1 aromatic rings. The van der Waals surface area contributed by atoms with Crippen molar-refractivity contribution >= 4 is 17.3 Å². The summed E-state index contributed by atoms with van der Waals surface area (Å²) < 4.78 is 0. The molecular weight excluding hydrogens is 198 g/mol. The molecule has 2 nitrogen and oxygen atoms in total. The van der Waals surface area contributed by atoms with Crippen LogP contribution in [0.3, 0.4) is 0 Å². The Bertz CT molecular complexity index is 280. The molecule has 0 fully saturated rings. The Labute approximate surface area is 89.9 Å². The van der Waals surface area contributed by atoms with Crippen LogP contribution < -0.4 is 5.32 Å². The third kappa shape index (κ3) is 2.89. The Morgan fingerprint density at radius 2 is 1.93 bits per heavy atom. The van der Waals surface area contributed by atoms with Crippen molar-refractivity contribution < 1.29 is 5.11 Å². The predicted octanol–water partition coefficient (Wildman–Crippen LogP) is 2.91. The van der Waals surface area contributed by atoms with Gasteiger partial charge in [-0.1, -0.05) is 18.5 Å². The van der Waals surface area contributed by atoms with E-state index in [4.69, 9.17) is 11.6 Å². The molecule has 0 saturated carbocycles. The second-order valence-corrected chi connectivity index (χ2v) is 4.14. The molecule has 0 spiro atoms. The van der Waals surface area contributed by atoms with Crippen molar-refractivity contribution in [2.24, 2.45) is 0 Å². The van der Waals surface area contributed by atoms with Gasteiger partial charge in [0.05, 0.1) is 12.1 Å². The normalized spacial score (nSPS) is 14.9. The molecule has 2 N–H and O–H groups in total. The zero-order chi connectivity index (χ0) is 10.6. The summed E-state index contributed by atoms with van der Waals surface area (Å²) >= 11 is 5.77. The van der Waals surface area contributed by atoms with E-state index in [1.807, 2.05) is 38.1 Å². The fraction of sp³-hybridized carbons (Fsp3) is 0.455. The highest BCUT2D eigenvalue weighted by Crippen LogP contribution is 2.19. The lowest BCUT2D eigenvalue weighted by Gasteiger charge is -2.28. The largest absolute Gasteiger partial charge is 0.394 e. The second-order valence-electron chi connectivity index (χ2n) is 3.70. The van der Waals surface area contributed by atoms with Crippen molar-refractivity contribution in [1.29, 1.82) is 0 Å². The zero-order valence-corrected chi connectivity index (χ0v) is 9.30. The van der Waals surface area contributed by atoms with Crippen LogP contribution in [0.4, 0.5) is 5.69 Å². The van der Waals surface area contributed by atoms with Gasteiger partial charge in [0, 0.05) is 10.7 Å². The van der Waals surface area contributed by atoms with Crippen molar-refractivity contribution in [2.75, 3.05) is 11.9 Å². The van der Waals surface area contributed by atoms with Crippen LogP contribution in [0.15, 0.2) is 24.3 Å². The molecule has 0 bridgehead atoms. The molecule has 0 aliphatic carbocycles. The van der Waals surface area contributed by atoms with Crippen LogP contribution in [-0.4, -0.2) is 17.3 Å². The van der Waals surface area contributed by atoms with Crippen LogP contribution in [0.5, 0.6) is 0 Å². The highest BCUT2D eigenvalue weighted by atomic mass is 35.5. The topological polar surface area (TPSA) is 32.3 Å². The Morgan fingerprint density at radius 3 is 2.36 bits per heavy atom. The van der Waals surface area contributed by atoms with Crippen LogP contribution >= 0.6 is 11.6 Å². The van der Waals surface area contributed by atoms with E-state index in [-0.39, 0.29) is 12.1 Å². The lowest BCUT2D eigenvalue weighted by atomic mass is 10.00. The lowest BCUT2D eigenvalue weighted by Crippen LogP contribution is -2.37. The highest BCUT2D eigenvalue weighted by molar-refractivity contribution is 6.30. The van der Waals surface area contributed by atoms with Crippen molar-refractivity contribution in [3.05, 3.63) is 29.3 Å². The molecule has 1 rings (SSSR count). The summed E-state index contributed by atoms with van der Waals surface area (Å²) in [6, 6.07) is 7.48. The molecule has 14 heavy (non-hydrogen) atoms. The standard InChI is InChI=1S/C11H16ClNO/c1-3-11(2,8-14)13-10-6-4-9(12)5-7-10/h4-7,13-14H,3,8H2,1-2H3. The van der Waals surface area contributed by atoms with Crippen molar-refractivity contribution in [2.45, 2.75) is 25.8 Å². The van der Waals surface area contributed by atoms with E-state index in [9.17, 15) is 5.11 Å². The summed E-state index contributed by atoms with van der Waals surface area (Å²) in [6.45, 7) is 4.15. The first-order chi connectivity index (χ1) is 6.59. The monoisotopic (exact) mass is 213 g/mol. The van der Waals surface area contributed by atoms with Crippen LogP contribution in [-0.2, 0) is 0 Å². The Hall–Kier alpha value is -0.730. The number of anilines is 1. The van der Waals surface area contributed by atoms with Gasteiger partial charge >= 0.3 is 0 Å². The first kappa shape index (κ1) is 11.3. The van der Waals surface area contributed by atoms with Gasteiger partial charge in [0.2, 0.25) is 0 Å². The maximum Gasteiger partial charge on any atom is 0.0658 e. The molecule has 78 valence electrons. The fourth-order valence-corrected chi connectivity index (χ4v) is 1.25. The van der Waals surface area contributed by atoms with Crippen LogP contribution in [0.1, 0.15) is 20.3 Å². The average molecular weight is 214 g/mol. The van der Waals surface area contributed by atoms with Crippen LogP contribution in [0.25, 0.3) is 0 Å². The minimum Gasteiger partial charge on any atom is -0.394 e. The summed E-state index contributed by atoms with van der Waals surface area (Å²) in [7, 11) is 0. The van der Waals surface area contributed by atoms with E-state index in [2.05, 4.69) is 5.32 Å². The molecule has 1 atom stereocenters. The third-order valence-electron chi connectivity index (χ3n) is 2.42. The highest BCUT2D eigenvalue weighted by Gasteiger charge is 2.19. The van der Waals surface area contributed by atoms with Gasteiger partial charge in [-0.05, 0) is 37.6 Å². The number of hydrogen-bond donors (Lipinski definition) is 2. The zero-order valence-electron chi connectivity index (χ0n) is 8.55. The lowest BCUT2D eigenvalue weighted by molar-refractivity contribution is 0.219. The summed E-state index contributed by atoms with van der Waals surface area (Å²) in [5.41, 5.74) is 0.723. The van der Waals surface area contributed by atoms with Gasteiger partial charge in [0.1, 0.15) is 0 Å². The molecule has 1 aromatic carbocycles. The first-order valence-electron chi connectivity index (χ1n) is 4.74. The number of rotatable bonds is 4. The molecule has 0 aliphatic rings. The number of hydrogen-bond acceptors (Lipinski definition) is 2. The Kier molecular flexibility index (Phi) is 3.78. The SMILES string of the molecule is CCC(C)(CO)Nc1ccc(Cl)cc1. The Morgan fingerprint density at radius 1 is 1.36 bits per heavy atom. The molecule has 0 aromatic heterocycles. The van der Waals surface area contributed by atoms with E-state index >= 15 is 0 Å². The van der Waals surface area contributed by atoms with Crippen molar-refractivity contribution in [3.8, 4) is 0 Å². The average Bonchev–Trinajstić information content (AvgIpc) is 2.21. The fourth-order valence-electron chi connectivity index (χ4n) is 1.12. The molecule has 3 heteroatoms. The molecule has 0 aliphatic heterocycles. The Balaban J connectivity index is 2.72. The van der Waals surface area contributed by atoms with Gasteiger partial charge < -0.3 is 10.4 Å². The third-order valence-corrected chi connectivity index (χ3v) is 2.67. The number of nitrogens with one attached hydrogen (secondary N) is 1. The van der Waals surface area contributed by atoms with Crippen molar-refractivity contribution in [1.82, 2.24) is 0 Å². The molecule has 0 radical (unpaired) electrons. The van der Waals surface area contributed by atoms with Gasteiger partial charge in [0.25, 0.3) is 0 Å². The molecule has 1 unspecified atom stereocenters. The van der Waals surface area contributed by atoms with Gasteiger partial charge in [-0.25, -0.2) is 0 Å². The number of aliphatic hydroxyl groups excluding tert-OH is 1. The summed E-state index contributed by atoms with van der Waals surface area (Å²) in [4.78, 5) is 0. The van der Waals surface area contributed by atoms with Gasteiger partial charge in [-0.3, -0.25) is 0 Å². The summed E-state index contributed by atoms with van der Waals surface area (Å²) in [5, 5.41) is 13.2. The van der Waals surface area contributed by atoms with Gasteiger partial charge in [0.15, 0.2) is 0 Å². The van der Waals surface area contributed by atoms with Crippen molar-refractivity contribution in [3.63, 3.8) is 0 Å². The van der Waals surface area contributed by atoms with Crippen LogP contribution in [0.2, 0.25) is 5.02 Å². The van der Waals surface area contributed by atoms with E-state index in [0.717, 1.165) is 17.1 Å². The second kappa shape index (κ2) is 4.67. The number of halogens is 1. The molecule has 0 saturated heterocycles. The van der Waals surface area contributed by atoms with E-state index in [0.29, 0.717) is 0 Å². The van der Waals surface area contributed by atoms with E-state index in [1.165, 1.54) is 0 Å². The minimum atomic E-state index is -0.256. The quantitative estimate of drug-likeness (QED) is 0.806. The summed E-state index contributed by atoms with van der Waals surface area (Å²) in [6.07, 6.45) is 0.867. The van der Waals surface area contributed by atoms with E-state index < -0.39 is 0 Å². The molecular formula is C11H16ClNO. The smallest absolute Gasteiger partial charge is 0.0658 e. The van der Waals surface area contributed by atoms with Gasteiger partial charge in [-0.15, -0.1) is 0 Å².